The molecule has 0 aromatic heterocycles. The van der Waals surface area contributed by atoms with Crippen LogP contribution in [0, 0.1) is 12.3 Å². The van der Waals surface area contributed by atoms with E-state index in [1.807, 2.05) is 0 Å². The van der Waals surface area contributed by atoms with E-state index in [0.717, 1.165) is 25.9 Å². The van der Waals surface area contributed by atoms with Gasteiger partial charge in [-0.05, 0) is 12.8 Å². The van der Waals surface area contributed by atoms with E-state index in [1.165, 1.54) is 5.57 Å². The fourth-order valence-electron chi connectivity index (χ4n) is 1.82. The van der Waals surface area contributed by atoms with Gasteiger partial charge < -0.3 is 10.2 Å². The molecule has 2 amide bonds. The summed E-state index contributed by atoms with van der Waals surface area (Å²) in [5, 5.41) is 2.86. The molecular weight excluding hydrogens is 214 g/mol. The molecular formula is C13H21N3O. The van der Waals surface area contributed by atoms with Crippen LogP contribution in [0.3, 0.4) is 0 Å². The number of hydrogen-bond acceptors (Lipinski definition) is 2. The Hall–Kier alpha value is -1.47. The summed E-state index contributed by atoms with van der Waals surface area (Å²) < 4.78 is 0. The predicted molar refractivity (Wildman–Crippen MR) is 69.7 cm³/mol. The van der Waals surface area contributed by atoms with Crippen LogP contribution >= 0.6 is 0 Å². The molecule has 1 rings (SSSR count). The number of nitrogens with zero attached hydrogens (tertiary/aromatic N) is 2. The van der Waals surface area contributed by atoms with Gasteiger partial charge in [0.2, 0.25) is 0 Å². The smallest absolute Gasteiger partial charge is 0.316 e. The standard InChI is InChI=1S/C13H21N3O/c1-4-9-16-10-5-6-12(11-16)7-8-14-13(17)15(2)3/h1,6H,5,7-11H2,2-3H3,(H,14,17). The second-order valence-corrected chi connectivity index (χ2v) is 4.44. The first-order valence-electron chi connectivity index (χ1n) is 5.92. The van der Waals surface area contributed by atoms with Gasteiger partial charge in [0.1, 0.15) is 0 Å². The summed E-state index contributed by atoms with van der Waals surface area (Å²) in [7, 11) is 3.48. The molecule has 4 nitrogen and oxygen atoms in total. The number of rotatable bonds is 4. The summed E-state index contributed by atoms with van der Waals surface area (Å²) in [6, 6.07) is -0.0399. The lowest BCUT2D eigenvalue weighted by Crippen LogP contribution is -2.36. The lowest BCUT2D eigenvalue weighted by molar-refractivity contribution is 0.217. The Morgan fingerprint density at radius 3 is 3.06 bits per heavy atom. The second kappa shape index (κ2) is 6.97. The molecule has 0 unspecified atom stereocenters. The van der Waals surface area contributed by atoms with Crippen molar-refractivity contribution >= 4 is 6.03 Å². The first-order chi connectivity index (χ1) is 8.13. The van der Waals surface area contributed by atoms with Gasteiger partial charge >= 0.3 is 6.03 Å². The Kier molecular flexibility index (Phi) is 5.58. The first-order valence-corrected chi connectivity index (χ1v) is 5.92. The van der Waals surface area contributed by atoms with Gasteiger partial charge in [-0.15, -0.1) is 6.42 Å². The SMILES string of the molecule is C#CCN1CCC=C(CCNC(=O)N(C)C)C1. The maximum absolute atomic E-state index is 11.3. The van der Waals surface area contributed by atoms with Crippen molar-refractivity contribution in [1.82, 2.24) is 15.1 Å². The molecule has 0 radical (unpaired) electrons. The van der Waals surface area contributed by atoms with Crippen molar-refractivity contribution in [2.45, 2.75) is 12.8 Å². The Morgan fingerprint density at radius 2 is 2.41 bits per heavy atom. The van der Waals surface area contributed by atoms with Crippen molar-refractivity contribution in [2.24, 2.45) is 0 Å². The van der Waals surface area contributed by atoms with Gasteiger partial charge in [-0.3, -0.25) is 4.90 Å². The predicted octanol–water partition coefficient (Wildman–Crippen LogP) is 0.913. The van der Waals surface area contributed by atoms with Crippen molar-refractivity contribution in [3.8, 4) is 12.3 Å². The molecule has 0 aliphatic carbocycles. The van der Waals surface area contributed by atoms with Crippen LogP contribution in [-0.4, -0.2) is 56.1 Å². The Morgan fingerprint density at radius 1 is 1.65 bits per heavy atom. The highest BCUT2D eigenvalue weighted by molar-refractivity contribution is 5.73. The molecule has 0 bridgehead atoms. The molecule has 1 N–H and O–H groups in total. The fourth-order valence-corrected chi connectivity index (χ4v) is 1.82. The number of nitrogens with one attached hydrogen (secondary N) is 1. The van der Waals surface area contributed by atoms with E-state index in [9.17, 15) is 4.79 Å². The largest absolute Gasteiger partial charge is 0.338 e. The molecule has 1 aliphatic rings. The average molecular weight is 235 g/mol. The normalized spacial score (nSPS) is 15.9. The van der Waals surface area contributed by atoms with Gasteiger partial charge in [-0.25, -0.2) is 4.79 Å². The minimum atomic E-state index is -0.0399. The quantitative estimate of drug-likeness (QED) is 0.581. The van der Waals surface area contributed by atoms with Gasteiger partial charge in [0, 0.05) is 33.7 Å². The minimum absolute atomic E-state index is 0.0399. The molecule has 94 valence electrons. The summed E-state index contributed by atoms with van der Waals surface area (Å²) in [4.78, 5) is 15.1. The zero-order chi connectivity index (χ0) is 12.7. The van der Waals surface area contributed by atoms with Gasteiger partial charge in [-0.1, -0.05) is 17.6 Å². The summed E-state index contributed by atoms with van der Waals surface area (Å²) in [5.74, 6) is 2.67. The number of urea groups is 1. The summed E-state index contributed by atoms with van der Waals surface area (Å²) in [5.41, 5.74) is 1.37. The second-order valence-electron chi connectivity index (χ2n) is 4.44. The van der Waals surface area contributed by atoms with Crippen molar-refractivity contribution in [1.29, 1.82) is 0 Å². The van der Waals surface area contributed by atoms with Gasteiger partial charge in [-0.2, -0.15) is 0 Å². The summed E-state index contributed by atoms with van der Waals surface area (Å²) in [6.07, 6.45) is 9.52. The van der Waals surface area contributed by atoms with Gasteiger partial charge in [0.15, 0.2) is 0 Å². The molecule has 0 saturated carbocycles. The maximum atomic E-state index is 11.3. The van der Waals surface area contributed by atoms with E-state index >= 15 is 0 Å². The molecule has 0 spiro atoms. The zero-order valence-electron chi connectivity index (χ0n) is 10.7. The number of terminal acetylenes is 1. The Bertz CT molecular complexity index is 328. The van der Waals surface area contributed by atoms with Crippen LogP contribution < -0.4 is 5.32 Å². The molecule has 0 fully saturated rings. The van der Waals surface area contributed by atoms with E-state index in [1.54, 1.807) is 19.0 Å². The van der Waals surface area contributed by atoms with Crippen LogP contribution in [0.5, 0.6) is 0 Å². The Balaban J connectivity index is 2.26. The summed E-state index contributed by atoms with van der Waals surface area (Å²) >= 11 is 0. The van der Waals surface area contributed by atoms with E-state index < -0.39 is 0 Å². The third kappa shape index (κ3) is 4.92. The van der Waals surface area contributed by atoms with Crippen molar-refractivity contribution in [2.75, 3.05) is 40.3 Å². The van der Waals surface area contributed by atoms with Crippen molar-refractivity contribution < 1.29 is 4.79 Å². The van der Waals surface area contributed by atoms with Crippen LogP contribution in [0.2, 0.25) is 0 Å². The van der Waals surface area contributed by atoms with Gasteiger partial charge in [0.25, 0.3) is 0 Å². The number of carbonyl (C=O) groups is 1. The molecule has 4 heteroatoms. The molecule has 17 heavy (non-hydrogen) atoms. The highest BCUT2D eigenvalue weighted by atomic mass is 16.2. The average Bonchev–Trinajstić information content (AvgIpc) is 2.29. The van der Waals surface area contributed by atoms with E-state index in [2.05, 4.69) is 22.2 Å². The van der Waals surface area contributed by atoms with Crippen molar-refractivity contribution in [3.05, 3.63) is 11.6 Å². The van der Waals surface area contributed by atoms with E-state index in [4.69, 9.17) is 6.42 Å². The molecule has 0 aromatic rings. The van der Waals surface area contributed by atoms with Crippen LogP contribution in [0.25, 0.3) is 0 Å². The third-order valence-corrected chi connectivity index (χ3v) is 2.75. The molecule has 1 heterocycles. The van der Waals surface area contributed by atoms with E-state index in [0.29, 0.717) is 13.1 Å². The highest BCUT2D eigenvalue weighted by Crippen LogP contribution is 2.11. The maximum Gasteiger partial charge on any atom is 0.316 e. The lowest BCUT2D eigenvalue weighted by atomic mass is 10.1. The number of carbonyl (C=O) groups excluding carboxylic acids is 1. The monoisotopic (exact) mass is 235 g/mol. The zero-order valence-corrected chi connectivity index (χ0v) is 10.7. The third-order valence-electron chi connectivity index (χ3n) is 2.75. The number of hydrogen-bond donors (Lipinski definition) is 1. The van der Waals surface area contributed by atoms with Crippen LogP contribution in [0.4, 0.5) is 4.79 Å². The van der Waals surface area contributed by atoms with Crippen LogP contribution in [-0.2, 0) is 0 Å². The highest BCUT2D eigenvalue weighted by Gasteiger charge is 2.11. The molecule has 0 atom stereocenters. The molecule has 0 aromatic carbocycles. The lowest BCUT2D eigenvalue weighted by Gasteiger charge is -2.25. The fraction of sp³-hybridized carbons (Fsp3) is 0.615. The Labute approximate surface area is 104 Å². The van der Waals surface area contributed by atoms with Crippen LogP contribution in [0.15, 0.2) is 11.6 Å². The number of amides is 2. The first kappa shape index (κ1) is 13.6. The minimum Gasteiger partial charge on any atom is -0.338 e. The van der Waals surface area contributed by atoms with Gasteiger partial charge in [0.05, 0.1) is 6.54 Å². The molecule has 1 aliphatic heterocycles. The topological polar surface area (TPSA) is 35.6 Å². The van der Waals surface area contributed by atoms with Crippen molar-refractivity contribution in [3.63, 3.8) is 0 Å². The van der Waals surface area contributed by atoms with Crippen LogP contribution in [0.1, 0.15) is 12.8 Å². The van der Waals surface area contributed by atoms with E-state index in [-0.39, 0.29) is 6.03 Å². The summed E-state index contributed by atoms with van der Waals surface area (Å²) in [6.45, 7) is 3.37. The molecule has 0 saturated heterocycles.